The Morgan fingerprint density at radius 1 is 1.26 bits per heavy atom. The van der Waals surface area contributed by atoms with E-state index in [2.05, 4.69) is 43.6 Å². The van der Waals surface area contributed by atoms with Gasteiger partial charge in [0.1, 0.15) is 18.5 Å². The molecule has 200 valence electrons. The number of hydrogen-bond donors (Lipinski definition) is 1. The van der Waals surface area contributed by atoms with Crippen LogP contribution in [0.1, 0.15) is 38.1 Å². The molecule has 3 aromatic heterocycles. The van der Waals surface area contributed by atoms with Crippen molar-refractivity contribution in [3.05, 3.63) is 29.5 Å². The molecular weight excluding hydrogens is 538 g/mol. The molecular formula is C23H24F2N8O3S2. The van der Waals surface area contributed by atoms with Gasteiger partial charge in [0.25, 0.3) is 6.43 Å². The van der Waals surface area contributed by atoms with Crippen LogP contribution in [0, 0.1) is 11.3 Å². The van der Waals surface area contributed by atoms with Gasteiger partial charge < -0.3 is 9.64 Å². The summed E-state index contributed by atoms with van der Waals surface area (Å²) in [5.41, 5.74) is -0.456. The number of ether oxygens (including phenoxy) is 1. The Morgan fingerprint density at radius 2 is 2.03 bits per heavy atom. The predicted molar refractivity (Wildman–Crippen MR) is 136 cm³/mol. The zero-order chi connectivity index (χ0) is 27.1. The molecule has 0 unspecified atom stereocenters. The second-order valence-electron chi connectivity index (χ2n) is 8.79. The van der Waals surface area contributed by atoms with Crippen molar-refractivity contribution >= 4 is 43.3 Å². The standard InChI is InChI=1S/C23H24F2N8O3S2/c1-3-32(4-2)9-10-36-20-17-15-6-5-14(38(34,35)31-23(12-26)7-8-23)11-16(15)33(19(17)27-13-28-20)22-30-29-21(37-22)18(24)25/h5-6,11,13,18,31H,3-4,7-10H2,1-2H3. The molecule has 0 amide bonds. The van der Waals surface area contributed by atoms with Crippen LogP contribution in [0.25, 0.3) is 27.1 Å². The van der Waals surface area contributed by atoms with Crippen LogP contribution >= 0.6 is 11.3 Å². The lowest BCUT2D eigenvalue weighted by Crippen LogP contribution is -2.35. The van der Waals surface area contributed by atoms with Gasteiger partial charge in [-0.3, -0.25) is 4.57 Å². The van der Waals surface area contributed by atoms with Gasteiger partial charge in [-0.25, -0.2) is 27.2 Å². The maximum atomic E-state index is 13.3. The molecule has 0 aliphatic heterocycles. The minimum atomic E-state index is -4.05. The summed E-state index contributed by atoms with van der Waals surface area (Å²) in [6, 6.07) is 6.41. The number of likely N-dealkylation sites (N-methyl/N-ethyl adjacent to an activating group) is 1. The highest BCUT2D eigenvalue weighted by Crippen LogP contribution is 2.39. The van der Waals surface area contributed by atoms with Crippen LogP contribution in [0.5, 0.6) is 5.88 Å². The summed E-state index contributed by atoms with van der Waals surface area (Å²) in [6.07, 6.45) is -0.668. The first-order valence-corrected chi connectivity index (χ1v) is 14.2. The molecule has 3 heterocycles. The Labute approximate surface area is 221 Å². The van der Waals surface area contributed by atoms with Gasteiger partial charge in [0.2, 0.25) is 21.0 Å². The summed E-state index contributed by atoms with van der Waals surface area (Å²) in [5.74, 6) is 0.277. The van der Waals surface area contributed by atoms with E-state index in [1.807, 2.05) is 6.07 Å². The Bertz CT molecular complexity index is 1640. The van der Waals surface area contributed by atoms with Crippen molar-refractivity contribution in [2.45, 2.75) is 43.5 Å². The SMILES string of the molecule is CCN(CC)CCOc1ncnc2c1c1ccc(S(=O)(=O)NC3(C#N)CC3)cc1n2-c1nnc(C(F)F)s1. The average molecular weight is 563 g/mol. The van der Waals surface area contributed by atoms with Crippen molar-refractivity contribution in [3.8, 4) is 17.1 Å². The number of nitrogens with zero attached hydrogens (tertiary/aromatic N) is 7. The van der Waals surface area contributed by atoms with Crippen molar-refractivity contribution in [1.82, 2.24) is 34.4 Å². The maximum absolute atomic E-state index is 13.3. The third-order valence-electron chi connectivity index (χ3n) is 6.44. The lowest BCUT2D eigenvalue weighted by atomic mass is 10.2. The van der Waals surface area contributed by atoms with E-state index in [1.165, 1.54) is 23.0 Å². The van der Waals surface area contributed by atoms with Crippen LogP contribution in [-0.2, 0) is 10.0 Å². The molecule has 0 spiro atoms. The molecule has 0 radical (unpaired) electrons. The zero-order valence-electron chi connectivity index (χ0n) is 20.6. The molecule has 1 fully saturated rings. The summed E-state index contributed by atoms with van der Waals surface area (Å²) in [6.45, 7) is 6.84. The fraction of sp³-hybridized carbons (Fsp3) is 0.435. The molecule has 5 rings (SSSR count). The summed E-state index contributed by atoms with van der Waals surface area (Å²) < 4.78 is 62.9. The summed E-state index contributed by atoms with van der Waals surface area (Å²) in [5, 5.41) is 17.5. The molecule has 38 heavy (non-hydrogen) atoms. The number of rotatable bonds is 11. The van der Waals surface area contributed by atoms with Crippen molar-refractivity contribution in [2.75, 3.05) is 26.2 Å². The lowest BCUT2D eigenvalue weighted by molar-refractivity contribution is 0.150. The van der Waals surface area contributed by atoms with E-state index < -0.39 is 27.0 Å². The van der Waals surface area contributed by atoms with Crippen LogP contribution in [-0.4, -0.2) is 69.8 Å². The van der Waals surface area contributed by atoms with E-state index in [4.69, 9.17) is 4.74 Å². The minimum absolute atomic E-state index is 0.0892. The first kappa shape index (κ1) is 26.3. The van der Waals surface area contributed by atoms with Crippen molar-refractivity contribution in [2.24, 2.45) is 0 Å². The van der Waals surface area contributed by atoms with Crippen LogP contribution < -0.4 is 9.46 Å². The van der Waals surface area contributed by atoms with Crippen LogP contribution in [0.15, 0.2) is 29.4 Å². The number of alkyl halides is 2. The van der Waals surface area contributed by atoms with E-state index >= 15 is 0 Å². The zero-order valence-corrected chi connectivity index (χ0v) is 22.2. The number of benzene rings is 1. The molecule has 0 bridgehead atoms. The summed E-state index contributed by atoms with van der Waals surface area (Å²) in [4.78, 5) is 10.8. The molecule has 1 aromatic carbocycles. The van der Waals surface area contributed by atoms with E-state index in [-0.39, 0.29) is 15.9 Å². The van der Waals surface area contributed by atoms with Gasteiger partial charge in [0.15, 0.2) is 10.7 Å². The second kappa shape index (κ2) is 10.1. The Balaban J connectivity index is 1.66. The lowest BCUT2D eigenvalue weighted by Gasteiger charge is -2.17. The van der Waals surface area contributed by atoms with Gasteiger partial charge in [0, 0.05) is 11.9 Å². The second-order valence-corrected chi connectivity index (χ2v) is 11.5. The van der Waals surface area contributed by atoms with Crippen molar-refractivity contribution < 1.29 is 21.9 Å². The minimum Gasteiger partial charge on any atom is -0.476 e. The number of hydrogen-bond acceptors (Lipinski definition) is 10. The first-order valence-electron chi connectivity index (χ1n) is 11.9. The molecule has 1 aliphatic carbocycles. The number of aromatic nitrogens is 5. The van der Waals surface area contributed by atoms with Gasteiger partial charge in [-0.2, -0.15) is 9.98 Å². The highest BCUT2D eigenvalue weighted by atomic mass is 32.2. The topological polar surface area (TPSA) is 139 Å². The number of nitriles is 1. The molecule has 1 aliphatic rings. The Kier molecular flexibility index (Phi) is 6.99. The molecule has 0 atom stereocenters. The number of sulfonamides is 1. The molecule has 15 heteroatoms. The first-order chi connectivity index (χ1) is 18.2. The fourth-order valence-electron chi connectivity index (χ4n) is 4.15. The largest absolute Gasteiger partial charge is 0.476 e. The van der Waals surface area contributed by atoms with E-state index in [0.717, 1.165) is 13.1 Å². The number of halogens is 2. The normalized spacial score (nSPS) is 15.0. The third-order valence-corrected chi connectivity index (χ3v) is 8.89. The van der Waals surface area contributed by atoms with Gasteiger partial charge in [-0.15, -0.1) is 10.2 Å². The Hall–Kier alpha value is -3.32. The van der Waals surface area contributed by atoms with Crippen LogP contribution in [0.3, 0.4) is 0 Å². The van der Waals surface area contributed by atoms with Crippen LogP contribution in [0.4, 0.5) is 8.78 Å². The highest BCUT2D eigenvalue weighted by Gasteiger charge is 2.46. The maximum Gasteiger partial charge on any atom is 0.291 e. The van der Waals surface area contributed by atoms with E-state index in [9.17, 15) is 22.5 Å². The predicted octanol–water partition coefficient (Wildman–Crippen LogP) is 3.42. The van der Waals surface area contributed by atoms with E-state index in [1.54, 1.807) is 6.07 Å². The third kappa shape index (κ3) is 4.80. The molecule has 11 nitrogen and oxygen atoms in total. The number of fused-ring (bicyclic) bond motifs is 3. The van der Waals surface area contributed by atoms with E-state index in [0.29, 0.717) is 59.3 Å². The van der Waals surface area contributed by atoms with Gasteiger partial charge in [0.05, 0.1) is 21.9 Å². The fourth-order valence-corrected chi connectivity index (χ4v) is 6.26. The molecule has 0 saturated heterocycles. The summed E-state index contributed by atoms with van der Waals surface area (Å²) >= 11 is 0.674. The van der Waals surface area contributed by atoms with Gasteiger partial charge >= 0.3 is 0 Å². The molecule has 1 saturated carbocycles. The molecule has 1 N–H and O–H groups in total. The number of nitrogens with one attached hydrogen (secondary N) is 1. The smallest absolute Gasteiger partial charge is 0.291 e. The highest BCUT2D eigenvalue weighted by molar-refractivity contribution is 7.89. The monoisotopic (exact) mass is 562 g/mol. The average Bonchev–Trinajstić information content (AvgIpc) is 3.34. The molecule has 4 aromatic rings. The van der Waals surface area contributed by atoms with Gasteiger partial charge in [-0.05, 0) is 38.1 Å². The Morgan fingerprint density at radius 3 is 2.66 bits per heavy atom. The quantitative estimate of drug-likeness (QED) is 0.291. The van der Waals surface area contributed by atoms with Gasteiger partial charge in [-0.1, -0.05) is 31.3 Å². The summed E-state index contributed by atoms with van der Waals surface area (Å²) in [7, 11) is -4.05. The van der Waals surface area contributed by atoms with Crippen LogP contribution in [0.2, 0.25) is 0 Å². The van der Waals surface area contributed by atoms with Crippen molar-refractivity contribution in [1.29, 1.82) is 5.26 Å². The van der Waals surface area contributed by atoms with Crippen molar-refractivity contribution in [3.63, 3.8) is 0 Å².